The molecule has 1 unspecified atom stereocenters. The summed E-state index contributed by atoms with van der Waals surface area (Å²) < 4.78 is 15.6. The zero-order valence-electron chi connectivity index (χ0n) is 11.2. The zero-order chi connectivity index (χ0) is 13.5. The maximum Gasteiger partial charge on any atom is 0.360 e. The first kappa shape index (κ1) is 13.9. The van der Waals surface area contributed by atoms with Crippen molar-refractivity contribution in [1.82, 2.24) is 4.98 Å². The van der Waals surface area contributed by atoms with Crippen LogP contribution in [0.4, 0.5) is 6.01 Å². The molecule has 1 aromatic rings. The first-order valence-electron chi connectivity index (χ1n) is 6.77. The molecule has 1 N–H and O–H groups in total. The Morgan fingerprint density at radius 3 is 3.21 bits per heavy atom. The predicted molar refractivity (Wildman–Crippen MR) is 69.2 cm³/mol. The molecule has 2 rings (SSSR count). The standard InChI is InChI=1S/C13H20N2O4/c1-2-17-12(16)11-9-19-13(15-11)14-7-6-10-5-3-4-8-18-10/h9-10H,2-8H2,1H3,(H,14,15). The van der Waals surface area contributed by atoms with Crippen molar-refractivity contribution < 1.29 is 18.7 Å². The van der Waals surface area contributed by atoms with Gasteiger partial charge in [-0.15, -0.1) is 0 Å². The van der Waals surface area contributed by atoms with Crippen molar-refractivity contribution in [3.05, 3.63) is 12.0 Å². The number of oxazole rings is 1. The highest BCUT2D eigenvalue weighted by Crippen LogP contribution is 2.16. The molecule has 2 heterocycles. The average Bonchev–Trinajstić information content (AvgIpc) is 2.89. The molecule has 0 aromatic carbocycles. The van der Waals surface area contributed by atoms with Crippen LogP contribution in [0, 0.1) is 0 Å². The summed E-state index contributed by atoms with van der Waals surface area (Å²) in [7, 11) is 0. The van der Waals surface area contributed by atoms with Gasteiger partial charge < -0.3 is 19.2 Å². The molecule has 1 fully saturated rings. The lowest BCUT2D eigenvalue weighted by Gasteiger charge is -2.22. The largest absolute Gasteiger partial charge is 0.461 e. The molecule has 0 aliphatic carbocycles. The number of carbonyl (C=O) groups is 1. The Kier molecular flexibility index (Phi) is 5.20. The van der Waals surface area contributed by atoms with E-state index in [-0.39, 0.29) is 5.69 Å². The van der Waals surface area contributed by atoms with E-state index < -0.39 is 5.97 Å². The third kappa shape index (κ3) is 4.24. The van der Waals surface area contributed by atoms with Gasteiger partial charge in [0.25, 0.3) is 6.01 Å². The van der Waals surface area contributed by atoms with Crippen LogP contribution >= 0.6 is 0 Å². The van der Waals surface area contributed by atoms with Gasteiger partial charge in [-0.25, -0.2) is 4.79 Å². The number of rotatable bonds is 6. The molecular weight excluding hydrogens is 248 g/mol. The van der Waals surface area contributed by atoms with E-state index >= 15 is 0 Å². The van der Waals surface area contributed by atoms with Crippen molar-refractivity contribution in [3.8, 4) is 0 Å². The van der Waals surface area contributed by atoms with Gasteiger partial charge in [-0.05, 0) is 32.6 Å². The number of anilines is 1. The van der Waals surface area contributed by atoms with Crippen LogP contribution in [0.15, 0.2) is 10.7 Å². The highest BCUT2D eigenvalue weighted by molar-refractivity contribution is 5.87. The average molecular weight is 268 g/mol. The molecule has 1 atom stereocenters. The van der Waals surface area contributed by atoms with Crippen LogP contribution in [-0.2, 0) is 9.47 Å². The molecule has 106 valence electrons. The minimum absolute atomic E-state index is 0.193. The molecule has 19 heavy (non-hydrogen) atoms. The Bertz CT molecular complexity index is 399. The van der Waals surface area contributed by atoms with Crippen LogP contribution in [0.5, 0.6) is 0 Å². The van der Waals surface area contributed by atoms with Gasteiger partial charge >= 0.3 is 5.97 Å². The fraction of sp³-hybridized carbons (Fsp3) is 0.692. The minimum atomic E-state index is -0.463. The van der Waals surface area contributed by atoms with E-state index in [4.69, 9.17) is 13.9 Å². The Labute approximate surface area is 112 Å². The second-order valence-corrected chi connectivity index (χ2v) is 4.46. The molecule has 6 heteroatoms. The summed E-state index contributed by atoms with van der Waals surface area (Å²) in [6, 6.07) is 0.346. The SMILES string of the molecule is CCOC(=O)c1coc(NCCC2CCCCO2)n1. The fourth-order valence-electron chi connectivity index (χ4n) is 2.03. The number of nitrogens with zero attached hydrogens (tertiary/aromatic N) is 1. The van der Waals surface area contributed by atoms with E-state index in [0.29, 0.717) is 25.3 Å². The molecule has 1 saturated heterocycles. The van der Waals surface area contributed by atoms with Gasteiger partial charge in [0.1, 0.15) is 6.26 Å². The monoisotopic (exact) mass is 268 g/mol. The van der Waals surface area contributed by atoms with Gasteiger partial charge in [0.05, 0.1) is 12.7 Å². The van der Waals surface area contributed by atoms with Crippen LogP contribution in [0.25, 0.3) is 0 Å². The van der Waals surface area contributed by atoms with Gasteiger partial charge in [-0.2, -0.15) is 4.98 Å². The normalized spacial score (nSPS) is 19.1. The van der Waals surface area contributed by atoms with Crippen LogP contribution in [0.1, 0.15) is 43.1 Å². The summed E-state index contributed by atoms with van der Waals surface area (Å²) in [5, 5.41) is 3.04. The third-order valence-electron chi connectivity index (χ3n) is 3.01. The number of aromatic nitrogens is 1. The topological polar surface area (TPSA) is 73.6 Å². The van der Waals surface area contributed by atoms with Crippen molar-refractivity contribution >= 4 is 12.0 Å². The lowest BCUT2D eigenvalue weighted by molar-refractivity contribution is 0.0134. The molecule has 0 amide bonds. The third-order valence-corrected chi connectivity index (χ3v) is 3.01. The van der Waals surface area contributed by atoms with Gasteiger partial charge in [0, 0.05) is 13.2 Å². The van der Waals surface area contributed by atoms with Crippen molar-refractivity contribution in [2.24, 2.45) is 0 Å². The quantitative estimate of drug-likeness (QED) is 0.797. The van der Waals surface area contributed by atoms with Gasteiger partial charge in [-0.1, -0.05) is 0 Å². The Hall–Kier alpha value is -1.56. The second kappa shape index (κ2) is 7.13. The van der Waals surface area contributed by atoms with Crippen LogP contribution in [0.2, 0.25) is 0 Å². The second-order valence-electron chi connectivity index (χ2n) is 4.46. The minimum Gasteiger partial charge on any atom is -0.461 e. The first-order chi connectivity index (χ1) is 9.29. The van der Waals surface area contributed by atoms with E-state index in [0.717, 1.165) is 25.9 Å². The molecular formula is C13H20N2O4. The Balaban J connectivity index is 1.72. The predicted octanol–water partition coefficient (Wildman–Crippen LogP) is 2.22. The van der Waals surface area contributed by atoms with E-state index in [9.17, 15) is 4.79 Å². The number of carbonyl (C=O) groups excluding carboxylic acids is 1. The molecule has 0 saturated carbocycles. The summed E-state index contributed by atoms with van der Waals surface area (Å²) in [6.07, 6.45) is 6.04. The van der Waals surface area contributed by atoms with Gasteiger partial charge in [0.15, 0.2) is 5.69 Å². The first-order valence-corrected chi connectivity index (χ1v) is 6.77. The van der Waals surface area contributed by atoms with Crippen molar-refractivity contribution in [1.29, 1.82) is 0 Å². The summed E-state index contributed by atoms with van der Waals surface area (Å²) in [5.74, 6) is -0.463. The van der Waals surface area contributed by atoms with Crippen LogP contribution < -0.4 is 5.32 Å². The van der Waals surface area contributed by atoms with E-state index in [2.05, 4.69) is 10.3 Å². The summed E-state index contributed by atoms with van der Waals surface area (Å²) in [4.78, 5) is 15.4. The van der Waals surface area contributed by atoms with Crippen molar-refractivity contribution in [2.75, 3.05) is 25.1 Å². The number of nitrogens with one attached hydrogen (secondary N) is 1. The highest BCUT2D eigenvalue weighted by atomic mass is 16.5. The molecule has 0 bridgehead atoms. The smallest absolute Gasteiger partial charge is 0.360 e. The molecule has 0 spiro atoms. The van der Waals surface area contributed by atoms with Crippen LogP contribution in [0.3, 0.4) is 0 Å². The molecule has 6 nitrogen and oxygen atoms in total. The summed E-state index contributed by atoms with van der Waals surface area (Å²) in [5.41, 5.74) is 0.193. The number of hydrogen-bond donors (Lipinski definition) is 1. The highest BCUT2D eigenvalue weighted by Gasteiger charge is 2.15. The summed E-state index contributed by atoms with van der Waals surface area (Å²) >= 11 is 0. The number of ether oxygens (including phenoxy) is 2. The van der Waals surface area contributed by atoms with Crippen molar-refractivity contribution in [3.63, 3.8) is 0 Å². The van der Waals surface area contributed by atoms with Gasteiger partial charge in [-0.3, -0.25) is 0 Å². The summed E-state index contributed by atoms with van der Waals surface area (Å²) in [6.45, 7) is 3.65. The van der Waals surface area contributed by atoms with Crippen molar-refractivity contribution in [2.45, 2.75) is 38.7 Å². The van der Waals surface area contributed by atoms with Gasteiger partial charge in [0.2, 0.25) is 0 Å². The van der Waals surface area contributed by atoms with Crippen LogP contribution in [-0.4, -0.2) is 36.8 Å². The van der Waals surface area contributed by atoms with E-state index in [1.165, 1.54) is 12.7 Å². The van der Waals surface area contributed by atoms with E-state index in [1.54, 1.807) is 6.92 Å². The Morgan fingerprint density at radius 1 is 1.58 bits per heavy atom. The lowest BCUT2D eigenvalue weighted by Crippen LogP contribution is -2.22. The number of hydrogen-bond acceptors (Lipinski definition) is 6. The maximum atomic E-state index is 11.4. The zero-order valence-corrected chi connectivity index (χ0v) is 11.2. The molecule has 1 aliphatic heterocycles. The van der Waals surface area contributed by atoms with E-state index in [1.807, 2.05) is 0 Å². The maximum absolute atomic E-state index is 11.4. The Morgan fingerprint density at radius 2 is 2.47 bits per heavy atom. The fourth-order valence-corrected chi connectivity index (χ4v) is 2.03. The molecule has 1 aromatic heterocycles. The number of esters is 1. The molecule has 0 radical (unpaired) electrons. The lowest BCUT2D eigenvalue weighted by atomic mass is 10.1. The molecule has 1 aliphatic rings.